The Balaban J connectivity index is 2.96. The van der Waals surface area contributed by atoms with Crippen molar-refractivity contribution in [3.8, 4) is 0 Å². The SMILES string of the molecule is CC(C)CCN(CCC(C)C)c1c(F)cccc1CN. The van der Waals surface area contributed by atoms with E-state index < -0.39 is 0 Å². The number of anilines is 1. The zero-order chi connectivity index (χ0) is 15.1. The second-order valence-corrected chi connectivity index (χ2v) is 6.30. The topological polar surface area (TPSA) is 29.3 Å². The normalized spacial score (nSPS) is 11.4. The van der Waals surface area contributed by atoms with Crippen LogP contribution >= 0.6 is 0 Å². The Morgan fingerprint density at radius 2 is 1.60 bits per heavy atom. The van der Waals surface area contributed by atoms with E-state index in [0.717, 1.165) is 31.5 Å². The highest BCUT2D eigenvalue weighted by molar-refractivity contribution is 5.54. The zero-order valence-electron chi connectivity index (χ0n) is 13.3. The van der Waals surface area contributed by atoms with Gasteiger partial charge in [-0.2, -0.15) is 0 Å². The van der Waals surface area contributed by atoms with Gasteiger partial charge in [-0.1, -0.05) is 39.8 Å². The van der Waals surface area contributed by atoms with Crippen LogP contribution in [0.15, 0.2) is 18.2 Å². The van der Waals surface area contributed by atoms with Crippen LogP contribution < -0.4 is 10.6 Å². The molecule has 20 heavy (non-hydrogen) atoms. The van der Waals surface area contributed by atoms with E-state index >= 15 is 0 Å². The predicted molar refractivity (Wildman–Crippen MR) is 85.4 cm³/mol. The standard InChI is InChI=1S/C17H29FN2/c1-13(2)8-10-20(11-9-14(3)4)17-15(12-19)6-5-7-16(17)18/h5-7,13-14H,8-12,19H2,1-4H3. The van der Waals surface area contributed by atoms with E-state index in [1.165, 1.54) is 6.07 Å². The molecule has 0 fully saturated rings. The lowest BCUT2D eigenvalue weighted by molar-refractivity contribution is 0.525. The average Bonchev–Trinajstić information content (AvgIpc) is 2.39. The minimum Gasteiger partial charge on any atom is -0.369 e. The molecule has 2 nitrogen and oxygen atoms in total. The second kappa shape index (κ2) is 8.25. The van der Waals surface area contributed by atoms with Crippen LogP contribution in [0.5, 0.6) is 0 Å². The highest BCUT2D eigenvalue weighted by atomic mass is 19.1. The van der Waals surface area contributed by atoms with Gasteiger partial charge in [0.2, 0.25) is 0 Å². The Labute approximate surface area is 123 Å². The van der Waals surface area contributed by atoms with Gasteiger partial charge in [-0.05, 0) is 36.3 Å². The molecular weight excluding hydrogens is 251 g/mol. The van der Waals surface area contributed by atoms with Crippen molar-refractivity contribution < 1.29 is 4.39 Å². The van der Waals surface area contributed by atoms with E-state index in [-0.39, 0.29) is 5.82 Å². The molecule has 114 valence electrons. The first kappa shape index (κ1) is 17.0. The molecule has 0 spiro atoms. The Hall–Kier alpha value is -1.09. The molecule has 0 aliphatic heterocycles. The lowest BCUT2D eigenvalue weighted by Crippen LogP contribution is -2.29. The Morgan fingerprint density at radius 1 is 1.05 bits per heavy atom. The molecule has 0 unspecified atom stereocenters. The fourth-order valence-electron chi connectivity index (χ4n) is 2.24. The van der Waals surface area contributed by atoms with Gasteiger partial charge in [0, 0.05) is 19.6 Å². The fraction of sp³-hybridized carbons (Fsp3) is 0.647. The van der Waals surface area contributed by atoms with Gasteiger partial charge in [0.15, 0.2) is 0 Å². The Morgan fingerprint density at radius 3 is 2.05 bits per heavy atom. The van der Waals surface area contributed by atoms with Crippen LogP contribution in [0.4, 0.5) is 10.1 Å². The van der Waals surface area contributed by atoms with E-state index in [1.807, 2.05) is 6.07 Å². The number of nitrogens with zero attached hydrogens (tertiary/aromatic N) is 1. The summed E-state index contributed by atoms with van der Waals surface area (Å²) in [7, 11) is 0. The first-order chi connectivity index (χ1) is 9.45. The van der Waals surface area contributed by atoms with Crippen LogP contribution in [0.1, 0.15) is 46.1 Å². The summed E-state index contributed by atoms with van der Waals surface area (Å²) in [6.07, 6.45) is 2.13. The van der Waals surface area contributed by atoms with Crippen molar-refractivity contribution in [1.82, 2.24) is 0 Å². The number of hydrogen-bond donors (Lipinski definition) is 1. The minimum absolute atomic E-state index is 0.152. The van der Waals surface area contributed by atoms with Crippen LogP contribution in [0.25, 0.3) is 0 Å². The highest BCUT2D eigenvalue weighted by Gasteiger charge is 2.16. The number of benzene rings is 1. The fourth-order valence-corrected chi connectivity index (χ4v) is 2.24. The molecule has 2 N–H and O–H groups in total. The predicted octanol–water partition coefficient (Wildman–Crippen LogP) is 4.18. The lowest BCUT2D eigenvalue weighted by atomic mass is 10.1. The summed E-state index contributed by atoms with van der Waals surface area (Å²) in [5.41, 5.74) is 7.38. The summed E-state index contributed by atoms with van der Waals surface area (Å²) in [6.45, 7) is 11.0. The molecule has 0 aliphatic rings. The molecule has 1 rings (SSSR count). The average molecular weight is 280 g/mol. The third-order valence-corrected chi connectivity index (χ3v) is 3.56. The maximum Gasteiger partial charge on any atom is 0.146 e. The first-order valence-corrected chi connectivity index (χ1v) is 7.68. The molecule has 1 aromatic carbocycles. The van der Waals surface area contributed by atoms with Gasteiger partial charge in [0.25, 0.3) is 0 Å². The molecular formula is C17H29FN2. The van der Waals surface area contributed by atoms with Crippen molar-refractivity contribution >= 4 is 5.69 Å². The highest BCUT2D eigenvalue weighted by Crippen LogP contribution is 2.26. The molecule has 3 heteroatoms. The molecule has 1 aromatic rings. The Bertz CT molecular complexity index is 390. The molecule has 0 saturated carbocycles. The first-order valence-electron chi connectivity index (χ1n) is 7.68. The maximum absolute atomic E-state index is 14.2. The van der Waals surface area contributed by atoms with Crippen molar-refractivity contribution in [3.05, 3.63) is 29.6 Å². The quantitative estimate of drug-likeness (QED) is 0.774. The van der Waals surface area contributed by atoms with Crippen LogP contribution in [-0.4, -0.2) is 13.1 Å². The molecule has 0 amide bonds. The molecule has 0 bridgehead atoms. The molecule has 0 atom stereocenters. The number of halogens is 1. The third-order valence-electron chi connectivity index (χ3n) is 3.56. The third kappa shape index (κ3) is 5.12. The van der Waals surface area contributed by atoms with Gasteiger partial charge in [0.1, 0.15) is 5.82 Å². The molecule has 0 saturated heterocycles. The van der Waals surface area contributed by atoms with Gasteiger partial charge in [-0.25, -0.2) is 4.39 Å². The summed E-state index contributed by atoms with van der Waals surface area (Å²) in [6, 6.07) is 5.20. The summed E-state index contributed by atoms with van der Waals surface area (Å²) in [5, 5.41) is 0. The van der Waals surface area contributed by atoms with E-state index in [0.29, 0.717) is 24.1 Å². The van der Waals surface area contributed by atoms with Crippen molar-refractivity contribution in [2.45, 2.75) is 47.1 Å². The summed E-state index contributed by atoms with van der Waals surface area (Å²) in [4.78, 5) is 2.18. The van der Waals surface area contributed by atoms with Gasteiger partial charge < -0.3 is 10.6 Å². The van der Waals surface area contributed by atoms with E-state index in [4.69, 9.17) is 5.73 Å². The zero-order valence-corrected chi connectivity index (χ0v) is 13.3. The number of rotatable bonds is 8. The van der Waals surface area contributed by atoms with Gasteiger partial charge in [0.05, 0.1) is 5.69 Å². The van der Waals surface area contributed by atoms with E-state index in [2.05, 4.69) is 32.6 Å². The number of nitrogens with two attached hydrogens (primary N) is 1. The maximum atomic E-state index is 14.2. The summed E-state index contributed by atoms with van der Waals surface area (Å²) < 4.78 is 14.2. The molecule has 0 aromatic heterocycles. The minimum atomic E-state index is -0.152. The van der Waals surface area contributed by atoms with Gasteiger partial charge in [-0.15, -0.1) is 0 Å². The van der Waals surface area contributed by atoms with Crippen molar-refractivity contribution in [1.29, 1.82) is 0 Å². The van der Waals surface area contributed by atoms with Crippen LogP contribution in [0.3, 0.4) is 0 Å². The monoisotopic (exact) mass is 280 g/mol. The second-order valence-electron chi connectivity index (χ2n) is 6.30. The van der Waals surface area contributed by atoms with Crippen molar-refractivity contribution in [2.24, 2.45) is 17.6 Å². The van der Waals surface area contributed by atoms with Gasteiger partial charge >= 0.3 is 0 Å². The smallest absolute Gasteiger partial charge is 0.146 e. The molecule has 0 heterocycles. The van der Waals surface area contributed by atoms with Crippen LogP contribution in [0, 0.1) is 17.7 Å². The lowest BCUT2D eigenvalue weighted by Gasteiger charge is -2.29. The van der Waals surface area contributed by atoms with Crippen molar-refractivity contribution in [3.63, 3.8) is 0 Å². The van der Waals surface area contributed by atoms with E-state index in [9.17, 15) is 4.39 Å². The summed E-state index contributed by atoms with van der Waals surface area (Å²) in [5.74, 6) is 1.08. The largest absolute Gasteiger partial charge is 0.369 e. The van der Waals surface area contributed by atoms with Crippen molar-refractivity contribution in [2.75, 3.05) is 18.0 Å². The van der Waals surface area contributed by atoms with Crippen LogP contribution in [0.2, 0.25) is 0 Å². The van der Waals surface area contributed by atoms with Crippen LogP contribution in [-0.2, 0) is 6.54 Å². The van der Waals surface area contributed by atoms with Gasteiger partial charge in [-0.3, -0.25) is 0 Å². The summed E-state index contributed by atoms with van der Waals surface area (Å²) >= 11 is 0. The molecule has 0 radical (unpaired) electrons. The van der Waals surface area contributed by atoms with E-state index in [1.54, 1.807) is 6.07 Å². The number of para-hydroxylation sites is 1. The molecule has 0 aliphatic carbocycles. The Kier molecular flexibility index (Phi) is 7.00. The number of hydrogen-bond acceptors (Lipinski definition) is 2.